The molecule has 0 unspecified atom stereocenters. The lowest BCUT2D eigenvalue weighted by atomic mass is 10.1. The molecule has 0 N–H and O–H groups in total. The third kappa shape index (κ3) is 3.24. The summed E-state index contributed by atoms with van der Waals surface area (Å²) in [5, 5.41) is 0. The molecule has 2 nitrogen and oxygen atoms in total. The number of benzene rings is 1. The summed E-state index contributed by atoms with van der Waals surface area (Å²) in [7, 11) is 0. The number of carbonyl (C=O) groups is 1. The lowest BCUT2D eigenvalue weighted by Crippen LogP contribution is -2.37. The molecule has 86 valence electrons. The van der Waals surface area contributed by atoms with Gasteiger partial charge in [0.25, 0.3) is 0 Å². The zero-order chi connectivity index (χ0) is 12.3. The number of nitrogens with zero attached hydrogens (tertiary/aromatic N) is 1. The Morgan fingerprint density at radius 2 is 1.94 bits per heavy atom. The van der Waals surface area contributed by atoms with Gasteiger partial charge in [-0.15, -0.1) is 0 Å². The van der Waals surface area contributed by atoms with Gasteiger partial charge in [0, 0.05) is 11.6 Å². The molecule has 1 aromatic carbocycles. The minimum Gasteiger partial charge on any atom is -0.287 e. The first kappa shape index (κ1) is 12.0. The monoisotopic (exact) mass is 290 g/mol. The second kappa shape index (κ2) is 5.23. The molecule has 0 saturated carbocycles. The topological polar surface area (TPSA) is 20.9 Å². The van der Waals surface area contributed by atoms with E-state index in [0.29, 0.717) is 6.54 Å². The van der Waals surface area contributed by atoms with Crippen LogP contribution < -0.4 is 4.57 Å². The molecule has 0 amide bonds. The SMILES string of the molecule is Cc1ccc(C(=O)C[n+]2cccc(Br)c2)cc1. The predicted octanol–water partition coefficient (Wildman–Crippen LogP) is 2.93. The van der Waals surface area contributed by atoms with Crippen LogP contribution in [0.25, 0.3) is 0 Å². The number of ketones is 1. The second-order valence-electron chi connectivity index (χ2n) is 3.98. The molecule has 0 spiro atoms. The summed E-state index contributed by atoms with van der Waals surface area (Å²) < 4.78 is 2.84. The number of carbonyl (C=O) groups excluding carboxylic acids is 1. The molecule has 0 aliphatic rings. The minimum absolute atomic E-state index is 0.119. The third-order valence-electron chi connectivity index (χ3n) is 2.52. The Labute approximate surface area is 109 Å². The standard InChI is InChI=1S/C14H13BrNO/c1-11-4-6-12(7-5-11)14(17)10-16-8-2-3-13(15)9-16/h2-9H,10H2,1H3/q+1. The van der Waals surface area contributed by atoms with E-state index in [1.807, 2.05) is 60.3 Å². The fraction of sp³-hybridized carbons (Fsp3) is 0.143. The van der Waals surface area contributed by atoms with E-state index in [-0.39, 0.29) is 5.78 Å². The van der Waals surface area contributed by atoms with Crippen LogP contribution in [-0.2, 0) is 6.54 Å². The maximum atomic E-state index is 12.0. The van der Waals surface area contributed by atoms with Crippen molar-refractivity contribution < 1.29 is 9.36 Å². The Morgan fingerprint density at radius 3 is 2.59 bits per heavy atom. The van der Waals surface area contributed by atoms with Crippen LogP contribution in [0.2, 0.25) is 0 Å². The van der Waals surface area contributed by atoms with E-state index < -0.39 is 0 Å². The quantitative estimate of drug-likeness (QED) is 0.629. The number of pyridine rings is 1. The highest BCUT2D eigenvalue weighted by molar-refractivity contribution is 9.10. The van der Waals surface area contributed by atoms with Crippen molar-refractivity contribution in [2.45, 2.75) is 13.5 Å². The zero-order valence-corrected chi connectivity index (χ0v) is 11.1. The first-order valence-electron chi connectivity index (χ1n) is 5.39. The predicted molar refractivity (Wildman–Crippen MR) is 69.8 cm³/mol. The Morgan fingerprint density at radius 1 is 1.24 bits per heavy atom. The third-order valence-corrected chi connectivity index (χ3v) is 2.99. The van der Waals surface area contributed by atoms with E-state index in [9.17, 15) is 4.79 Å². The number of hydrogen-bond acceptors (Lipinski definition) is 1. The summed E-state index contributed by atoms with van der Waals surface area (Å²) in [5.41, 5.74) is 1.92. The van der Waals surface area contributed by atoms with Gasteiger partial charge in [0.05, 0.1) is 4.47 Å². The van der Waals surface area contributed by atoms with Crippen LogP contribution in [0, 0.1) is 6.92 Å². The smallest absolute Gasteiger partial charge is 0.227 e. The Bertz CT molecular complexity index is 534. The molecule has 3 heteroatoms. The van der Waals surface area contributed by atoms with E-state index >= 15 is 0 Å². The number of Topliss-reactive ketones (excluding diaryl/α,β-unsaturated/α-hetero) is 1. The molecule has 0 fully saturated rings. The molecule has 17 heavy (non-hydrogen) atoms. The van der Waals surface area contributed by atoms with Crippen LogP contribution in [0.4, 0.5) is 0 Å². The van der Waals surface area contributed by atoms with Crippen LogP contribution >= 0.6 is 15.9 Å². The van der Waals surface area contributed by atoms with E-state index in [1.165, 1.54) is 0 Å². The summed E-state index contributed by atoms with van der Waals surface area (Å²) in [6.45, 7) is 2.37. The van der Waals surface area contributed by atoms with Gasteiger partial charge in [0.15, 0.2) is 12.4 Å². The van der Waals surface area contributed by atoms with Gasteiger partial charge in [-0.2, -0.15) is 4.57 Å². The number of aryl methyl sites for hydroxylation is 1. The Hall–Kier alpha value is -1.48. The molecule has 2 aromatic rings. The fourth-order valence-electron chi connectivity index (χ4n) is 1.58. The number of aromatic nitrogens is 1. The van der Waals surface area contributed by atoms with Crippen LogP contribution in [0.15, 0.2) is 53.3 Å². The number of rotatable bonds is 3. The molecule has 0 saturated heterocycles. The molecular formula is C14H13BrNO+. The molecular weight excluding hydrogens is 278 g/mol. The maximum Gasteiger partial charge on any atom is 0.227 e. The number of halogens is 1. The van der Waals surface area contributed by atoms with Gasteiger partial charge < -0.3 is 0 Å². The van der Waals surface area contributed by atoms with Crippen LogP contribution in [0.3, 0.4) is 0 Å². The summed E-state index contributed by atoms with van der Waals surface area (Å²) in [6.07, 6.45) is 3.78. The van der Waals surface area contributed by atoms with Gasteiger partial charge >= 0.3 is 0 Å². The lowest BCUT2D eigenvalue weighted by molar-refractivity contribution is -0.683. The van der Waals surface area contributed by atoms with Crippen molar-refractivity contribution in [3.8, 4) is 0 Å². The second-order valence-corrected chi connectivity index (χ2v) is 4.90. The number of hydrogen-bond donors (Lipinski definition) is 0. The van der Waals surface area contributed by atoms with Gasteiger partial charge in [0.2, 0.25) is 12.3 Å². The molecule has 2 rings (SSSR count). The largest absolute Gasteiger partial charge is 0.287 e. The van der Waals surface area contributed by atoms with Crippen LogP contribution in [0.1, 0.15) is 15.9 Å². The normalized spacial score (nSPS) is 10.2. The molecule has 0 aliphatic heterocycles. The average molecular weight is 291 g/mol. The maximum absolute atomic E-state index is 12.0. The molecule has 1 aromatic heterocycles. The van der Waals surface area contributed by atoms with Crippen molar-refractivity contribution in [1.29, 1.82) is 0 Å². The van der Waals surface area contributed by atoms with E-state index in [2.05, 4.69) is 15.9 Å². The lowest BCUT2D eigenvalue weighted by Gasteiger charge is -1.99. The minimum atomic E-state index is 0.119. The van der Waals surface area contributed by atoms with Crippen LogP contribution in [0.5, 0.6) is 0 Å². The van der Waals surface area contributed by atoms with E-state index in [4.69, 9.17) is 0 Å². The summed E-state index contributed by atoms with van der Waals surface area (Å²) >= 11 is 3.39. The molecule has 0 bridgehead atoms. The van der Waals surface area contributed by atoms with Crippen molar-refractivity contribution in [3.63, 3.8) is 0 Å². The summed E-state index contributed by atoms with van der Waals surface area (Å²) in [4.78, 5) is 12.0. The highest BCUT2D eigenvalue weighted by atomic mass is 79.9. The summed E-state index contributed by atoms with van der Waals surface area (Å²) in [5.74, 6) is 0.119. The fourth-order valence-corrected chi connectivity index (χ4v) is 2.00. The van der Waals surface area contributed by atoms with E-state index in [1.54, 1.807) is 0 Å². The first-order chi connectivity index (χ1) is 8.15. The molecule has 0 aliphatic carbocycles. The Kier molecular flexibility index (Phi) is 3.69. The van der Waals surface area contributed by atoms with Crippen molar-refractivity contribution in [2.75, 3.05) is 0 Å². The zero-order valence-electron chi connectivity index (χ0n) is 9.56. The van der Waals surface area contributed by atoms with Crippen molar-refractivity contribution >= 4 is 21.7 Å². The summed E-state index contributed by atoms with van der Waals surface area (Å²) in [6, 6.07) is 11.5. The highest BCUT2D eigenvalue weighted by Gasteiger charge is 2.11. The van der Waals surface area contributed by atoms with Gasteiger partial charge in [-0.05, 0) is 28.9 Å². The molecule has 0 radical (unpaired) electrons. The molecule has 1 heterocycles. The van der Waals surface area contributed by atoms with Crippen molar-refractivity contribution in [3.05, 3.63) is 64.4 Å². The van der Waals surface area contributed by atoms with Gasteiger partial charge in [-0.3, -0.25) is 4.79 Å². The average Bonchev–Trinajstić information content (AvgIpc) is 2.29. The van der Waals surface area contributed by atoms with Gasteiger partial charge in [0.1, 0.15) is 0 Å². The van der Waals surface area contributed by atoms with Gasteiger partial charge in [-0.25, -0.2) is 0 Å². The van der Waals surface area contributed by atoms with Crippen molar-refractivity contribution in [2.24, 2.45) is 0 Å². The first-order valence-corrected chi connectivity index (χ1v) is 6.19. The van der Waals surface area contributed by atoms with E-state index in [0.717, 1.165) is 15.6 Å². The Balaban J connectivity index is 2.14. The van der Waals surface area contributed by atoms with Crippen LogP contribution in [-0.4, -0.2) is 5.78 Å². The van der Waals surface area contributed by atoms with Gasteiger partial charge in [-0.1, -0.05) is 29.8 Å². The molecule has 0 atom stereocenters. The van der Waals surface area contributed by atoms with Crippen molar-refractivity contribution in [1.82, 2.24) is 0 Å². The highest BCUT2D eigenvalue weighted by Crippen LogP contribution is 2.06.